The summed E-state index contributed by atoms with van der Waals surface area (Å²) in [5.41, 5.74) is 0.855. The van der Waals surface area contributed by atoms with Gasteiger partial charge in [-0.15, -0.1) is 11.6 Å². The summed E-state index contributed by atoms with van der Waals surface area (Å²) in [5, 5.41) is 0. The van der Waals surface area contributed by atoms with E-state index in [0.717, 1.165) is 25.1 Å². The fourth-order valence-electron chi connectivity index (χ4n) is 2.94. The maximum atomic E-state index is 12.8. The summed E-state index contributed by atoms with van der Waals surface area (Å²) in [6.07, 6.45) is 3.61. The van der Waals surface area contributed by atoms with Crippen LogP contribution in [-0.2, 0) is 22.4 Å². The molecule has 1 saturated heterocycles. The van der Waals surface area contributed by atoms with Gasteiger partial charge in [-0.05, 0) is 31.7 Å². The highest BCUT2D eigenvalue weighted by atomic mass is 35.5. The number of hydrogen-bond acceptors (Lipinski definition) is 2. The highest BCUT2D eigenvalue weighted by Gasteiger charge is 2.37. The molecule has 0 bridgehead atoms. The first-order valence-electron chi connectivity index (χ1n) is 7.18. The van der Waals surface area contributed by atoms with Crippen LogP contribution in [0, 0.1) is 5.92 Å². The summed E-state index contributed by atoms with van der Waals surface area (Å²) < 4.78 is 29.2. The van der Waals surface area contributed by atoms with Crippen LogP contribution in [0.15, 0.2) is 17.2 Å². The third-order valence-corrected chi connectivity index (χ3v) is 6.23. The molecule has 1 aliphatic heterocycles. The largest absolute Gasteiger partial charge is 0.349 e. The molecule has 0 saturated carbocycles. The second-order valence-electron chi connectivity index (χ2n) is 5.66. The van der Waals surface area contributed by atoms with Gasteiger partial charge in [0.05, 0.1) is 5.88 Å². The molecule has 0 aliphatic carbocycles. The summed E-state index contributed by atoms with van der Waals surface area (Å²) in [6, 6.07) is 1.83. The molecule has 1 aromatic heterocycles. The fourth-order valence-corrected chi connectivity index (χ4v) is 5.06. The van der Waals surface area contributed by atoms with Gasteiger partial charge in [0.25, 0.3) is 0 Å². The minimum atomic E-state index is -3.40. The van der Waals surface area contributed by atoms with Gasteiger partial charge in [0.1, 0.15) is 4.90 Å². The lowest BCUT2D eigenvalue weighted by molar-refractivity contribution is 0.315. The summed E-state index contributed by atoms with van der Waals surface area (Å²) in [7, 11) is -3.40. The Balaban J connectivity index is 2.37. The van der Waals surface area contributed by atoms with E-state index in [-0.39, 0.29) is 6.04 Å². The molecule has 0 amide bonds. The van der Waals surface area contributed by atoms with Crippen molar-refractivity contribution in [2.24, 2.45) is 5.92 Å². The molecular weight excluding hydrogens is 296 g/mol. The van der Waals surface area contributed by atoms with Crippen molar-refractivity contribution in [3.8, 4) is 0 Å². The lowest BCUT2D eigenvalue weighted by Gasteiger charge is -2.26. The van der Waals surface area contributed by atoms with Crippen LogP contribution in [0.2, 0.25) is 0 Å². The Morgan fingerprint density at radius 2 is 2.15 bits per heavy atom. The molecule has 2 heterocycles. The normalized spacial score (nSPS) is 20.9. The van der Waals surface area contributed by atoms with E-state index in [0.29, 0.717) is 23.2 Å². The van der Waals surface area contributed by atoms with Crippen molar-refractivity contribution < 1.29 is 8.42 Å². The SMILES string of the molecule is CCn1cc(S(=O)(=O)N2CCCC2C(C)C)cc1CCl. The highest BCUT2D eigenvalue weighted by Crippen LogP contribution is 2.31. The van der Waals surface area contributed by atoms with E-state index < -0.39 is 10.0 Å². The number of nitrogens with zero attached hydrogens (tertiary/aromatic N) is 2. The zero-order chi connectivity index (χ0) is 14.9. The molecule has 6 heteroatoms. The molecule has 0 N–H and O–H groups in total. The van der Waals surface area contributed by atoms with Crippen molar-refractivity contribution in [2.45, 2.75) is 57.0 Å². The quantitative estimate of drug-likeness (QED) is 0.783. The molecule has 1 unspecified atom stereocenters. The van der Waals surface area contributed by atoms with Gasteiger partial charge >= 0.3 is 0 Å². The predicted octanol–water partition coefficient (Wildman–Crippen LogP) is 3.06. The van der Waals surface area contributed by atoms with E-state index in [1.807, 2.05) is 11.5 Å². The molecular formula is C14H23ClN2O2S. The Morgan fingerprint density at radius 1 is 1.45 bits per heavy atom. The third kappa shape index (κ3) is 2.76. The lowest BCUT2D eigenvalue weighted by Crippen LogP contribution is -2.38. The zero-order valence-corrected chi connectivity index (χ0v) is 13.9. The average Bonchev–Trinajstić information content (AvgIpc) is 3.05. The van der Waals surface area contributed by atoms with Crippen molar-refractivity contribution in [2.75, 3.05) is 6.54 Å². The number of rotatable bonds is 5. The third-order valence-electron chi connectivity index (χ3n) is 4.06. The molecule has 20 heavy (non-hydrogen) atoms. The van der Waals surface area contributed by atoms with E-state index in [1.54, 1.807) is 16.6 Å². The van der Waals surface area contributed by atoms with Crippen LogP contribution in [0.1, 0.15) is 39.3 Å². The van der Waals surface area contributed by atoms with Crippen LogP contribution in [0.25, 0.3) is 0 Å². The van der Waals surface area contributed by atoms with Gasteiger partial charge < -0.3 is 4.57 Å². The molecule has 1 atom stereocenters. The number of halogens is 1. The van der Waals surface area contributed by atoms with Gasteiger partial charge in [0.2, 0.25) is 10.0 Å². The Labute approximate surface area is 126 Å². The van der Waals surface area contributed by atoms with E-state index >= 15 is 0 Å². The van der Waals surface area contributed by atoms with Crippen LogP contribution in [0.5, 0.6) is 0 Å². The Bertz CT molecular complexity index is 544. The molecule has 1 aromatic rings. The van der Waals surface area contributed by atoms with Crippen molar-refractivity contribution in [1.82, 2.24) is 8.87 Å². The van der Waals surface area contributed by atoms with Gasteiger partial charge in [0.15, 0.2) is 0 Å². The number of hydrogen-bond donors (Lipinski definition) is 0. The average molecular weight is 319 g/mol. The second kappa shape index (κ2) is 6.08. The molecule has 114 valence electrons. The Hall–Kier alpha value is -0.520. The van der Waals surface area contributed by atoms with Crippen molar-refractivity contribution in [3.63, 3.8) is 0 Å². The number of sulfonamides is 1. The molecule has 0 spiro atoms. The fraction of sp³-hybridized carbons (Fsp3) is 0.714. The Kier molecular flexibility index (Phi) is 4.82. The molecule has 1 aliphatic rings. The number of aromatic nitrogens is 1. The van der Waals surface area contributed by atoms with Gasteiger partial charge in [0, 0.05) is 31.0 Å². The van der Waals surface area contributed by atoms with E-state index in [2.05, 4.69) is 13.8 Å². The van der Waals surface area contributed by atoms with E-state index in [4.69, 9.17) is 11.6 Å². The van der Waals surface area contributed by atoms with Gasteiger partial charge in [-0.3, -0.25) is 0 Å². The molecule has 2 rings (SSSR count). The first-order valence-corrected chi connectivity index (χ1v) is 9.16. The molecule has 4 nitrogen and oxygen atoms in total. The maximum absolute atomic E-state index is 12.8. The first-order chi connectivity index (χ1) is 9.41. The topological polar surface area (TPSA) is 42.3 Å². The summed E-state index contributed by atoms with van der Waals surface area (Å²) in [5.74, 6) is 0.671. The summed E-state index contributed by atoms with van der Waals surface area (Å²) in [6.45, 7) is 7.50. The van der Waals surface area contributed by atoms with Gasteiger partial charge in [-0.2, -0.15) is 4.31 Å². The van der Waals surface area contributed by atoms with Crippen LogP contribution in [-0.4, -0.2) is 29.9 Å². The van der Waals surface area contributed by atoms with Crippen molar-refractivity contribution >= 4 is 21.6 Å². The van der Waals surface area contributed by atoms with Crippen LogP contribution >= 0.6 is 11.6 Å². The van der Waals surface area contributed by atoms with Crippen molar-refractivity contribution in [1.29, 1.82) is 0 Å². The van der Waals surface area contributed by atoms with Crippen molar-refractivity contribution in [3.05, 3.63) is 18.0 Å². The van der Waals surface area contributed by atoms with Crippen LogP contribution < -0.4 is 0 Å². The highest BCUT2D eigenvalue weighted by molar-refractivity contribution is 7.89. The van der Waals surface area contributed by atoms with E-state index in [1.165, 1.54) is 0 Å². The maximum Gasteiger partial charge on any atom is 0.244 e. The summed E-state index contributed by atoms with van der Waals surface area (Å²) in [4.78, 5) is 0.377. The lowest BCUT2D eigenvalue weighted by atomic mass is 10.0. The second-order valence-corrected chi connectivity index (χ2v) is 7.81. The minimum absolute atomic E-state index is 0.115. The van der Waals surface area contributed by atoms with Crippen LogP contribution in [0.3, 0.4) is 0 Å². The Morgan fingerprint density at radius 3 is 2.65 bits per heavy atom. The zero-order valence-electron chi connectivity index (χ0n) is 12.3. The van der Waals surface area contributed by atoms with Gasteiger partial charge in [-0.25, -0.2) is 8.42 Å². The molecule has 0 aromatic carbocycles. The monoisotopic (exact) mass is 318 g/mol. The standard InChI is InChI=1S/C14H23ClN2O2S/c1-4-16-10-13(8-12(16)9-15)20(18,19)17-7-5-6-14(17)11(2)3/h8,10-11,14H,4-7,9H2,1-3H3. The first kappa shape index (κ1) is 15.9. The predicted molar refractivity (Wildman–Crippen MR) is 81.4 cm³/mol. The smallest absolute Gasteiger partial charge is 0.244 e. The number of aryl methyl sites for hydroxylation is 1. The van der Waals surface area contributed by atoms with Crippen LogP contribution in [0.4, 0.5) is 0 Å². The minimum Gasteiger partial charge on any atom is -0.349 e. The summed E-state index contributed by atoms with van der Waals surface area (Å²) >= 11 is 5.88. The van der Waals surface area contributed by atoms with Gasteiger partial charge in [-0.1, -0.05) is 13.8 Å². The number of alkyl halides is 1. The van der Waals surface area contributed by atoms with E-state index in [9.17, 15) is 8.42 Å². The molecule has 0 radical (unpaired) electrons. The molecule has 1 fully saturated rings.